The summed E-state index contributed by atoms with van der Waals surface area (Å²) in [4.78, 5) is 40.3. The minimum atomic E-state index is -0.825. The third-order valence-electron chi connectivity index (χ3n) is 4.35. The van der Waals surface area contributed by atoms with Gasteiger partial charge in [-0.2, -0.15) is 0 Å². The lowest BCUT2D eigenvalue weighted by atomic mass is 10.0. The van der Waals surface area contributed by atoms with Crippen LogP contribution in [0, 0.1) is 10.1 Å². The molecule has 0 saturated carbocycles. The summed E-state index contributed by atoms with van der Waals surface area (Å²) in [5.74, 6) is -0.825. The Morgan fingerprint density at radius 3 is 2.57 bits per heavy atom. The van der Waals surface area contributed by atoms with Crippen molar-refractivity contribution in [2.24, 2.45) is 0 Å². The lowest BCUT2D eigenvalue weighted by Gasteiger charge is -2.28. The first kappa shape index (κ1) is 19.3. The van der Waals surface area contributed by atoms with E-state index in [0.717, 1.165) is 10.5 Å². The summed E-state index contributed by atoms with van der Waals surface area (Å²) in [6, 6.07) is 9.97. The molecule has 1 aliphatic rings. The number of nitro groups is 1. The molecule has 0 saturated heterocycles. The highest BCUT2D eigenvalue weighted by Gasteiger charge is 2.37. The van der Waals surface area contributed by atoms with Crippen LogP contribution in [0.5, 0.6) is 5.75 Å². The molecular weight excluding hydrogens is 364 g/mol. The molecular formula is C19H20N4O5. The zero-order chi connectivity index (χ0) is 20.4. The zero-order valence-corrected chi connectivity index (χ0v) is 15.7. The Hall–Kier alpha value is -3.49. The molecule has 1 atom stereocenters. The average molecular weight is 384 g/mol. The second-order valence-corrected chi connectivity index (χ2v) is 6.76. The summed E-state index contributed by atoms with van der Waals surface area (Å²) in [7, 11) is 0. The molecule has 1 unspecified atom stereocenters. The number of pyridine rings is 1. The van der Waals surface area contributed by atoms with E-state index >= 15 is 0 Å². The topological polar surface area (TPSA) is 115 Å². The van der Waals surface area contributed by atoms with Crippen molar-refractivity contribution in [1.29, 1.82) is 0 Å². The first-order valence-corrected chi connectivity index (χ1v) is 8.79. The van der Waals surface area contributed by atoms with Crippen LogP contribution in [0.4, 0.5) is 17.3 Å². The van der Waals surface area contributed by atoms with Gasteiger partial charge in [0.05, 0.1) is 0 Å². The summed E-state index contributed by atoms with van der Waals surface area (Å²) in [6.07, 6.45) is -0.825. The average Bonchev–Trinajstić information content (AvgIpc) is 2.65. The molecule has 0 radical (unpaired) electrons. The number of aromatic nitrogens is 1. The van der Waals surface area contributed by atoms with Crippen LogP contribution >= 0.6 is 0 Å². The highest BCUT2D eigenvalue weighted by atomic mass is 16.6. The fraction of sp³-hybridized carbons (Fsp3) is 0.316. The Balaban J connectivity index is 1.80. The molecule has 0 spiro atoms. The van der Waals surface area contributed by atoms with Crippen LogP contribution in [0.15, 0.2) is 36.4 Å². The molecule has 2 amide bonds. The van der Waals surface area contributed by atoms with Crippen LogP contribution in [0.1, 0.15) is 32.3 Å². The van der Waals surface area contributed by atoms with Gasteiger partial charge in [0.2, 0.25) is 5.91 Å². The van der Waals surface area contributed by atoms with Crippen LogP contribution in [0.2, 0.25) is 0 Å². The van der Waals surface area contributed by atoms with Crippen molar-refractivity contribution >= 4 is 29.1 Å². The largest absolute Gasteiger partial charge is 0.475 e. The van der Waals surface area contributed by atoms with E-state index in [1.807, 2.05) is 12.1 Å². The lowest BCUT2D eigenvalue weighted by Crippen LogP contribution is -2.48. The number of benzene rings is 1. The summed E-state index contributed by atoms with van der Waals surface area (Å²) in [6.45, 7) is 5.35. The molecule has 2 aromatic rings. The molecule has 0 fully saturated rings. The van der Waals surface area contributed by atoms with Crippen LogP contribution in [0.3, 0.4) is 0 Å². The standard InChI is InChI=1S/C19H20N4O5/c1-11(2)13-4-6-14(7-5-13)20-17(24)10-22-18-15(28-12(3)19(22)25)8-9-16(21-18)23(26)27/h4-9,11-12H,10H2,1-3H3,(H,20,24). The minimum Gasteiger partial charge on any atom is -0.475 e. The summed E-state index contributed by atoms with van der Waals surface area (Å²) >= 11 is 0. The molecule has 2 heterocycles. The van der Waals surface area contributed by atoms with Gasteiger partial charge in [-0.15, -0.1) is 0 Å². The molecule has 146 valence electrons. The Morgan fingerprint density at radius 2 is 1.96 bits per heavy atom. The smallest absolute Gasteiger partial charge is 0.366 e. The van der Waals surface area contributed by atoms with Crippen molar-refractivity contribution in [2.45, 2.75) is 32.8 Å². The maximum Gasteiger partial charge on any atom is 0.366 e. The Kier molecular flexibility index (Phi) is 5.25. The Bertz CT molecular complexity index is 926. The van der Waals surface area contributed by atoms with Crippen LogP contribution in [-0.4, -0.2) is 34.4 Å². The first-order valence-electron chi connectivity index (χ1n) is 8.79. The predicted molar refractivity (Wildman–Crippen MR) is 102 cm³/mol. The third kappa shape index (κ3) is 3.93. The van der Waals surface area contributed by atoms with Gasteiger partial charge in [-0.25, -0.2) is 0 Å². The van der Waals surface area contributed by atoms with Gasteiger partial charge in [0.15, 0.2) is 11.9 Å². The van der Waals surface area contributed by atoms with Gasteiger partial charge in [-0.3, -0.25) is 14.5 Å². The third-order valence-corrected chi connectivity index (χ3v) is 4.35. The van der Waals surface area contributed by atoms with Gasteiger partial charge in [-0.05, 0) is 46.5 Å². The van der Waals surface area contributed by atoms with E-state index in [2.05, 4.69) is 24.1 Å². The number of carbonyl (C=O) groups excluding carboxylic acids is 2. The van der Waals surface area contributed by atoms with Gasteiger partial charge < -0.3 is 20.2 Å². The molecule has 28 heavy (non-hydrogen) atoms. The molecule has 0 bridgehead atoms. The Labute approximate surface area is 161 Å². The summed E-state index contributed by atoms with van der Waals surface area (Å²) in [5.41, 5.74) is 1.73. The molecule has 1 aromatic heterocycles. The predicted octanol–water partition coefficient (Wildman–Crippen LogP) is 2.87. The minimum absolute atomic E-state index is 0.0393. The molecule has 1 N–H and O–H groups in total. The highest BCUT2D eigenvalue weighted by molar-refractivity contribution is 6.05. The molecule has 0 aliphatic carbocycles. The number of nitrogens with one attached hydrogen (secondary N) is 1. The second-order valence-electron chi connectivity index (χ2n) is 6.76. The van der Waals surface area contributed by atoms with Gasteiger partial charge in [0.1, 0.15) is 6.54 Å². The number of nitrogens with zero attached hydrogens (tertiary/aromatic N) is 3. The second kappa shape index (κ2) is 7.63. The zero-order valence-electron chi connectivity index (χ0n) is 15.7. The van der Waals surface area contributed by atoms with Crippen LogP contribution < -0.4 is 15.0 Å². The molecule has 3 rings (SSSR count). The SMILES string of the molecule is CC1Oc2ccc([N+](=O)[O-])nc2N(CC(=O)Nc2ccc(C(C)C)cc2)C1=O. The van der Waals surface area contributed by atoms with Crippen molar-refractivity contribution < 1.29 is 19.2 Å². The monoisotopic (exact) mass is 384 g/mol. The fourth-order valence-corrected chi connectivity index (χ4v) is 2.83. The van der Waals surface area contributed by atoms with Crippen molar-refractivity contribution in [2.75, 3.05) is 16.8 Å². The van der Waals surface area contributed by atoms with Gasteiger partial charge >= 0.3 is 5.82 Å². The number of ether oxygens (including phenoxy) is 1. The van der Waals surface area contributed by atoms with E-state index < -0.39 is 28.7 Å². The fourth-order valence-electron chi connectivity index (χ4n) is 2.83. The number of amides is 2. The molecule has 1 aliphatic heterocycles. The van der Waals surface area contributed by atoms with E-state index in [1.165, 1.54) is 12.1 Å². The highest BCUT2D eigenvalue weighted by Crippen LogP contribution is 2.33. The van der Waals surface area contributed by atoms with Crippen LogP contribution in [-0.2, 0) is 9.59 Å². The van der Waals surface area contributed by atoms with E-state index in [9.17, 15) is 19.7 Å². The van der Waals surface area contributed by atoms with E-state index in [1.54, 1.807) is 19.1 Å². The maximum absolute atomic E-state index is 12.5. The van der Waals surface area contributed by atoms with Gasteiger partial charge in [0.25, 0.3) is 11.7 Å². The number of carbonyl (C=O) groups is 2. The molecule has 1 aromatic carbocycles. The summed E-state index contributed by atoms with van der Waals surface area (Å²) < 4.78 is 5.44. The lowest BCUT2D eigenvalue weighted by molar-refractivity contribution is -0.389. The molecule has 9 heteroatoms. The van der Waals surface area contributed by atoms with Crippen molar-refractivity contribution in [1.82, 2.24) is 4.98 Å². The van der Waals surface area contributed by atoms with E-state index in [0.29, 0.717) is 11.6 Å². The van der Waals surface area contributed by atoms with Crippen molar-refractivity contribution in [3.05, 3.63) is 52.1 Å². The van der Waals surface area contributed by atoms with E-state index in [4.69, 9.17) is 4.74 Å². The quantitative estimate of drug-likeness (QED) is 0.626. The number of fused-ring (bicyclic) bond motifs is 1. The maximum atomic E-state index is 12.5. The van der Waals surface area contributed by atoms with Crippen molar-refractivity contribution in [3.63, 3.8) is 0 Å². The number of anilines is 2. The first-order chi connectivity index (χ1) is 13.3. The Morgan fingerprint density at radius 1 is 1.29 bits per heavy atom. The number of hydrogen-bond donors (Lipinski definition) is 1. The van der Waals surface area contributed by atoms with E-state index in [-0.39, 0.29) is 18.1 Å². The van der Waals surface area contributed by atoms with Gasteiger partial charge in [-0.1, -0.05) is 26.0 Å². The van der Waals surface area contributed by atoms with Crippen LogP contribution in [0.25, 0.3) is 0 Å². The normalized spacial score (nSPS) is 15.8. The number of rotatable bonds is 5. The molecule has 9 nitrogen and oxygen atoms in total. The number of hydrogen-bond acceptors (Lipinski definition) is 6. The van der Waals surface area contributed by atoms with Crippen molar-refractivity contribution in [3.8, 4) is 5.75 Å². The van der Waals surface area contributed by atoms with Gasteiger partial charge in [0, 0.05) is 11.8 Å². The summed E-state index contributed by atoms with van der Waals surface area (Å²) in [5, 5.41) is 13.7.